The minimum Gasteiger partial charge on any atom is -0.355 e. The second-order valence-corrected chi connectivity index (χ2v) is 6.38. The van der Waals surface area contributed by atoms with Crippen LogP contribution in [0, 0.1) is 11.8 Å². The van der Waals surface area contributed by atoms with Crippen molar-refractivity contribution in [2.24, 2.45) is 11.8 Å². The molecule has 0 aromatic heterocycles. The van der Waals surface area contributed by atoms with Crippen molar-refractivity contribution in [3.8, 4) is 0 Å². The predicted octanol–water partition coefficient (Wildman–Crippen LogP) is 3.35. The Morgan fingerprint density at radius 2 is 2.00 bits per heavy atom. The summed E-state index contributed by atoms with van der Waals surface area (Å²) in [7, 11) is 1.66. The van der Waals surface area contributed by atoms with Gasteiger partial charge in [0.05, 0.1) is 0 Å². The Morgan fingerprint density at radius 3 is 2.67 bits per heavy atom. The first-order valence-electron chi connectivity index (χ1n) is 8.20. The third-order valence-corrected chi connectivity index (χ3v) is 4.55. The van der Waals surface area contributed by atoms with Crippen molar-refractivity contribution in [1.29, 1.82) is 0 Å². The smallest absolute Gasteiger partial charge is 0.251 e. The van der Waals surface area contributed by atoms with E-state index < -0.39 is 0 Å². The summed E-state index contributed by atoms with van der Waals surface area (Å²) in [6, 6.07) is 7.83. The van der Waals surface area contributed by atoms with Gasteiger partial charge < -0.3 is 10.6 Å². The van der Waals surface area contributed by atoms with Gasteiger partial charge in [0, 0.05) is 19.2 Å². The van der Waals surface area contributed by atoms with E-state index in [1.54, 1.807) is 7.05 Å². The first-order chi connectivity index (χ1) is 10.2. The molecule has 2 rings (SSSR count). The molecule has 1 aliphatic rings. The van der Waals surface area contributed by atoms with Crippen LogP contribution in [0.4, 0.5) is 0 Å². The van der Waals surface area contributed by atoms with Crippen molar-refractivity contribution in [2.75, 3.05) is 13.6 Å². The standard InChI is InChI=1S/C18H28N2O/c1-14-4-3-5-15(12-14)10-11-20-13-16-6-8-17(9-7-16)18(21)19-2/h6-9,14-15,20H,3-5,10-13H2,1-2H3,(H,19,21). The molecule has 1 aromatic carbocycles. The number of carbonyl (C=O) groups excluding carboxylic acids is 1. The van der Waals surface area contributed by atoms with Crippen LogP contribution in [0.1, 0.15) is 54.9 Å². The SMILES string of the molecule is CNC(=O)c1ccc(CNCCC2CCCC(C)C2)cc1. The summed E-state index contributed by atoms with van der Waals surface area (Å²) < 4.78 is 0. The molecular weight excluding hydrogens is 260 g/mol. The van der Waals surface area contributed by atoms with Gasteiger partial charge in [-0.3, -0.25) is 4.79 Å². The maximum Gasteiger partial charge on any atom is 0.251 e. The van der Waals surface area contributed by atoms with Gasteiger partial charge in [0.15, 0.2) is 0 Å². The lowest BCUT2D eigenvalue weighted by Crippen LogP contribution is -2.21. The Bertz CT molecular complexity index is 441. The minimum atomic E-state index is -0.0269. The molecule has 2 N–H and O–H groups in total. The van der Waals surface area contributed by atoms with Crippen molar-refractivity contribution in [1.82, 2.24) is 10.6 Å². The monoisotopic (exact) mass is 288 g/mol. The fraction of sp³-hybridized carbons (Fsp3) is 0.611. The van der Waals surface area contributed by atoms with Crippen LogP contribution in [0.25, 0.3) is 0 Å². The number of hydrogen-bond donors (Lipinski definition) is 2. The van der Waals surface area contributed by atoms with E-state index >= 15 is 0 Å². The Hall–Kier alpha value is -1.35. The minimum absolute atomic E-state index is 0.0269. The molecule has 3 heteroatoms. The summed E-state index contributed by atoms with van der Waals surface area (Å²) in [6.07, 6.45) is 6.93. The van der Waals surface area contributed by atoms with E-state index in [1.807, 2.05) is 24.3 Å². The van der Waals surface area contributed by atoms with Gasteiger partial charge in [-0.25, -0.2) is 0 Å². The van der Waals surface area contributed by atoms with E-state index in [0.29, 0.717) is 0 Å². The molecular formula is C18H28N2O. The van der Waals surface area contributed by atoms with Crippen LogP contribution < -0.4 is 10.6 Å². The second-order valence-electron chi connectivity index (χ2n) is 6.38. The first-order valence-corrected chi connectivity index (χ1v) is 8.20. The summed E-state index contributed by atoms with van der Waals surface area (Å²) in [5.74, 6) is 1.80. The topological polar surface area (TPSA) is 41.1 Å². The van der Waals surface area contributed by atoms with Crippen molar-refractivity contribution in [3.05, 3.63) is 35.4 Å². The highest BCUT2D eigenvalue weighted by Gasteiger charge is 2.17. The zero-order valence-corrected chi connectivity index (χ0v) is 13.3. The van der Waals surface area contributed by atoms with Gasteiger partial charge in [0.2, 0.25) is 0 Å². The number of amides is 1. The van der Waals surface area contributed by atoms with Gasteiger partial charge in [-0.1, -0.05) is 38.3 Å². The normalized spacial score (nSPS) is 22.0. The van der Waals surface area contributed by atoms with E-state index in [4.69, 9.17) is 0 Å². The Labute approximate surface area is 128 Å². The van der Waals surface area contributed by atoms with Crippen molar-refractivity contribution in [3.63, 3.8) is 0 Å². The van der Waals surface area contributed by atoms with Gasteiger partial charge >= 0.3 is 0 Å². The van der Waals surface area contributed by atoms with E-state index in [-0.39, 0.29) is 5.91 Å². The molecule has 1 aromatic rings. The van der Waals surface area contributed by atoms with Crippen molar-refractivity contribution >= 4 is 5.91 Å². The fourth-order valence-electron chi connectivity index (χ4n) is 3.28. The lowest BCUT2D eigenvalue weighted by Gasteiger charge is -2.26. The number of hydrogen-bond acceptors (Lipinski definition) is 2. The zero-order chi connectivity index (χ0) is 15.1. The molecule has 0 radical (unpaired) electrons. The van der Waals surface area contributed by atoms with Gasteiger partial charge in [0.1, 0.15) is 0 Å². The van der Waals surface area contributed by atoms with Gasteiger partial charge in [-0.05, 0) is 48.9 Å². The van der Waals surface area contributed by atoms with E-state index in [9.17, 15) is 4.79 Å². The van der Waals surface area contributed by atoms with Gasteiger partial charge in [-0.15, -0.1) is 0 Å². The molecule has 0 heterocycles. The van der Waals surface area contributed by atoms with Crippen LogP contribution in [-0.4, -0.2) is 19.5 Å². The Balaban J connectivity index is 1.67. The molecule has 0 bridgehead atoms. The quantitative estimate of drug-likeness (QED) is 0.788. The lowest BCUT2D eigenvalue weighted by atomic mass is 9.81. The number of carbonyl (C=O) groups is 1. The summed E-state index contributed by atoms with van der Waals surface area (Å²) in [5, 5.41) is 6.16. The van der Waals surface area contributed by atoms with Crippen LogP contribution in [0.5, 0.6) is 0 Å². The summed E-state index contributed by atoms with van der Waals surface area (Å²) in [6.45, 7) is 4.36. The third kappa shape index (κ3) is 5.16. The fourth-order valence-corrected chi connectivity index (χ4v) is 3.28. The molecule has 3 nitrogen and oxygen atoms in total. The first kappa shape index (κ1) is 16.0. The van der Waals surface area contributed by atoms with Crippen LogP contribution in [0.3, 0.4) is 0 Å². The Morgan fingerprint density at radius 1 is 1.24 bits per heavy atom. The van der Waals surface area contributed by atoms with E-state index in [0.717, 1.165) is 30.5 Å². The largest absolute Gasteiger partial charge is 0.355 e. The predicted molar refractivity (Wildman–Crippen MR) is 87.3 cm³/mol. The van der Waals surface area contributed by atoms with Crippen LogP contribution >= 0.6 is 0 Å². The van der Waals surface area contributed by atoms with Crippen LogP contribution in [0.2, 0.25) is 0 Å². The maximum absolute atomic E-state index is 11.5. The van der Waals surface area contributed by atoms with Crippen LogP contribution in [0.15, 0.2) is 24.3 Å². The summed E-state index contributed by atoms with van der Waals surface area (Å²) in [5.41, 5.74) is 1.96. The van der Waals surface area contributed by atoms with Crippen LogP contribution in [-0.2, 0) is 6.54 Å². The zero-order valence-electron chi connectivity index (χ0n) is 13.3. The molecule has 1 aliphatic carbocycles. The molecule has 0 aliphatic heterocycles. The highest BCUT2D eigenvalue weighted by atomic mass is 16.1. The number of benzene rings is 1. The van der Waals surface area contributed by atoms with E-state index in [2.05, 4.69) is 17.6 Å². The molecule has 116 valence electrons. The van der Waals surface area contributed by atoms with E-state index in [1.165, 1.54) is 37.7 Å². The van der Waals surface area contributed by atoms with Crippen molar-refractivity contribution < 1.29 is 4.79 Å². The summed E-state index contributed by atoms with van der Waals surface area (Å²) in [4.78, 5) is 11.5. The van der Waals surface area contributed by atoms with Crippen molar-refractivity contribution in [2.45, 2.75) is 45.6 Å². The Kier molecular flexibility index (Phi) is 6.24. The molecule has 1 saturated carbocycles. The number of rotatable bonds is 6. The average molecular weight is 288 g/mol. The molecule has 2 atom stereocenters. The highest BCUT2D eigenvalue weighted by Crippen LogP contribution is 2.30. The maximum atomic E-state index is 11.5. The van der Waals surface area contributed by atoms with Gasteiger partial charge in [0.25, 0.3) is 5.91 Å². The molecule has 0 saturated heterocycles. The van der Waals surface area contributed by atoms with Gasteiger partial charge in [-0.2, -0.15) is 0 Å². The molecule has 1 amide bonds. The molecule has 2 unspecified atom stereocenters. The molecule has 0 spiro atoms. The summed E-state index contributed by atoms with van der Waals surface area (Å²) >= 11 is 0. The second kappa shape index (κ2) is 8.18. The third-order valence-electron chi connectivity index (χ3n) is 4.55. The highest BCUT2D eigenvalue weighted by molar-refractivity contribution is 5.93. The molecule has 1 fully saturated rings. The lowest BCUT2D eigenvalue weighted by molar-refractivity contribution is 0.0963. The molecule has 21 heavy (non-hydrogen) atoms. The average Bonchev–Trinajstić information content (AvgIpc) is 2.51. The number of nitrogens with one attached hydrogen (secondary N) is 2.